The van der Waals surface area contributed by atoms with Gasteiger partial charge in [-0.1, -0.05) is 0 Å². The number of fused-ring (bicyclic) bond motifs is 1. The fourth-order valence-corrected chi connectivity index (χ4v) is 1.17. The van der Waals surface area contributed by atoms with Crippen LogP contribution in [0.3, 0.4) is 0 Å². The van der Waals surface area contributed by atoms with E-state index in [1.807, 2.05) is 0 Å². The lowest BCUT2D eigenvalue weighted by molar-refractivity contribution is 0.397. The maximum Gasteiger partial charge on any atom is 0.224 e. The van der Waals surface area contributed by atoms with Crippen molar-refractivity contribution in [3.05, 3.63) is 0 Å². The molecule has 0 saturated carbocycles. The van der Waals surface area contributed by atoms with E-state index in [0.29, 0.717) is 23.9 Å². The highest BCUT2D eigenvalue weighted by Crippen LogP contribution is 2.31. The number of hydrogen-bond acceptors (Lipinski definition) is 7. The minimum Gasteiger partial charge on any atom is -0.483 e. The molecule has 7 nitrogen and oxygen atoms in total. The largest absolute Gasteiger partial charge is 0.483 e. The number of nitrogens with zero attached hydrogens (tertiary/aromatic N) is 3. The van der Waals surface area contributed by atoms with E-state index >= 15 is 0 Å². The van der Waals surface area contributed by atoms with Crippen LogP contribution in [0.1, 0.15) is 0 Å². The second kappa shape index (κ2) is 3.02. The van der Waals surface area contributed by atoms with Gasteiger partial charge in [0.05, 0.1) is 13.7 Å². The molecule has 0 spiro atoms. The van der Waals surface area contributed by atoms with Gasteiger partial charge in [0.2, 0.25) is 11.8 Å². The summed E-state index contributed by atoms with van der Waals surface area (Å²) in [6, 6.07) is 0. The fraction of sp³-hybridized carbons (Fsp3) is 0.286. The number of nitrogens with two attached hydrogens (primary N) is 2. The lowest BCUT2D eigenvalue weighted by Crippen LogP contribution is -2.21. The maximum absolute atomic E-state index is 5.63. The third kappa shape index (κ3) is 1.28. The average Bonchev–Trinajstić information content (AvgIpc) is 2.17. The number of ether oxygens (including phenoxy) is 1. The number of hydrogen-bond donors (Lipinski definition) is 3. The van der Waals surface area contributed by atoms with Crippen molar-refractivity contribution >= 4 is 29.2 Å². The molecule has 1 aromatic heterocycles. The van der Waals surface area contributed by atoms with Crippen molar-refractivity contribution in [2.45, 2.75) is 0 Å². The first-order valence-corrected chi connectivity index (χ1v) is 3.99. The van der Waals surface area contributed by atoms with Crippen molar-refractivity contribution in [3.8, 4) is 0 Å². The monoisotopic (exact) mass is 194 g/mol. The first-order valence-electron chi connectivity index (χ1n) is 3.99. The van der Waals surface area contributed by atoms with E-state index in [1.165, 1.54) is 0 Å². The molecule has 0 radical (unpaired) electrons. The van der Waals surface area contributed by atoms with E-state index in [2.05, 4.69) is 20.3 Å². The molecule has 0 saturated heterocycles. The van der Waals surface area contributed by atoms with Gasteiger partial charge >= 0.3 is 0 Å². The van der Waals surface area contributed by atoms with Crippen molar-refractivity contribution in [2.75, 3.05) is 30.4 Å². The van der Waals surface area contributed by atoms with Gasteiger partial charge in [0, 0.05) is 0 Å². The normalized spacial score (nSPS) is 13.9. The SMILES string of the molecule is COC1=Nc2c(N)nc(N)nc2NC1. The zero-order valence-corrected chi connectivity index (χ0v) is 7.61. The molecule has 2 rings (SSSR count). The van der Waals surface area contributed by atoms with Crippen LogP contribution in [0.25, 0.3) is 0 Å². The molecule has 5 N–H and O–H groups in total. The number of nitrogens with one attached hydrogen (secondary N) is 1. The Balaban J connectivity index is 2.52. The summed E-state index contributed by atoms with van der Waals surface area (Å²) in [5.74, 6) is 1.45. The lowest BCUT2D eigenvalue weighted by Gasteiger charge is -2.16. The van der Waals surface area contributed by atoms with Crippen molar-refractivity contribution in [1.29, 1.82) is 0 Å². The summed E-state index contributed by atoms with van der Waals surface area (Å²) < 4.78 is 4.98. The van der Waals surface area contributed by atoms with E-state index < -0.39 is 0 Å². The Morgan fingerprint density at radius 3 is 2.86 bits per heavy atom. The van der Waals surface area contributed by atoms with E-state index in [-0.39, 0.29) is 11.8 Å². The molecule has 1 aliphatic heterocycles. The Hall–Kier alpha value is -2.05. The van der Waals surface area contributed by atoms with Crippen LogP contribution in [0.4, 0.5) is 23.3 Å². The van der Waals surface area contributed by atoms with E-state index in [4.69, 9.17) is 16.2 Å². The van der Waals surface area contributed by atoms with Gasteiger partial charge in [-0.2, -0.15) is 9.97 Å². The van der Waals surface area contributed by atoms with Gasteiger partial charge in [-0.25, -0.2) is 4.99 Å². The Morgan fingerprint density at radius 2 is 2.14 bits per heavy atom. The van der Waals surface area contributed by atoms with Crippen LogP contribution in [0.2, 0.25) is 0 Å². The molecule has 0 bridgehead atoms. The molecule has 7 heteroatoms. The summed E-state index contributed by atoms with van der Waals surface area (Å²) in [5.41, 5.74) is 11.5. The number of nitrogen functional groups attached to an aromatic ring is 2. The first kappa shape index (κ1) is 8.54. The van der Waals surface area contributed by atoms with Crippen molar-refractivity contribution in [2.24, 2.45) is 4.99 Å². The first-order chi connectivity index (χ1) is 6.70. The molecule has 2 heterocycles. The topological polar surface area (TPSA) is 111 Å². The van der Waals surface area contributed by atoms with Crippen LogP contribution in [0.5, 0.6) is 0 Å². The Bertz CT molecular complexity index is 401. The molecule has 0 amide bonds. The summed E-state index contributed by atoms with van der Waals surface area (Å²) in [5, 5.41) is 2.98. The molecule has 74 valence electrons. The standard InChI is InChI=1S/C7H10N6O/c1-14-3-2-10-6-4(11-3)5(8)12-7(9)13-6/h2H2,1H3,(H5,8,9,10,12,13). The van der Waals surface area contributed by atoms with Crippen LogP contribution < -0.4 is 16.8 Å². The predicted octanol–water partition coefficient (Wildman–Crippen LogP) is -0.257. The van der Waals surface area contributed by atoms with Crippen molar-refractivity contribution < 1.29 is 4.74 Å². The van der Waals surface area contributed by atoms with E-state index in [9.17, 15) is 0 Å². The molecule has 1 aromatic rings. The molecule has 0 atom stereocenters. The van der Waals surface area contributed by atoms with Crippen LogP contribution in [0, 0.1) is 0 Å². The average molecular weight is 194 g/mol. The number of aromatic nitrogens is 2. The van der Waals surface area contributed by atoms with E-state index in [0.717, 1.165) is 0 Å². The maximum atomic E-state index is 5.63. The molecule has 0 fully saturated rings. The number of aliphatic imine (C=N–C) groups is 1. The number of methoxy groups -OCH3 is 1. The highest BCUT2D eigenvalue weighted by Gasteiger charge is 2.16. The van der Waals surface area contributed by atoms with Gasteiger partial charge in [-0.05, 0) is 0 Å². The smallest absolute Gasteiger partial charge is 0.224 e. The van der Waals surface area contributed by atoms with Crippen molar-refractivity contribution in [3.63, 3.8) is 0 Å². The minimum absolute atomic E-state index is 0.129. The number of anilines is 3. The molecule has 0 aliphatic carbocycles. The van der Waals surface area contributed by atoms with Crippen molar-refractivity contribution in [1.82, 2.24) is 9.97 Å². The zero-order chi connectivity index (χ0) is 10.1. The number of rotatable bonds is 0. The Labute approximate surface area is 80.2 Å². The molecule has 0 aromatic carbocycles. The second-order valence-corrected chi connectivity index (χ2v) is 2.73. The minimum atomic E-state index is 0.129. The van der Waals surface area contributed by atoms with E-state index in [1.54, 1.807) is 7.11 Å². The van der Waals surface area contributed by atoms with Gasteiger partial charge in [-0.15, -0.1) is 0 Å². The highest BCUT2D eigenvalue weighted by molar-refractivity contribution is 5.91. The van der Waals surface area contributed by atoms with Crippen LogP contribution >= 0.6 is 0 Å². The molecule has 0 unspecified atom stereocenters. The zero-order valence-electron chi connectivity index (χ0n) is 7.61. The molecular weight excluding hydrogens is 184 g/mol. The van der Waals surface area contributed by atoms with Gasteiger partial charge in [0.25, 0.3) is 0 Å². The highest BCUT2D eigenvalue weighted by atomic mass is 16.5. The van der Waals surface area contributed by atoms with Gasteiger partial charge in [0.1, 0.15) is 0 Å². The second-order valence-electron chi connectivity index (χ2n) is 2.73. The summed E-state index contributed by atoms with van der Waals surface area (Å²) in [6.45, 7) is 0.472. The van der Waals surface area contributed by atoms with Gasteiger partial charge in [0.15, 0.2) is 17.3 Å². The van der Waals surface area contributed by atoms with Crippen LogP contribution in [-0.2, 0) is 4.74 Å². The quantitative estimate of drug-likeness (QED) is 0.524. The summed E-state index contributed by atoms with van der Waals surface area (Å²) in [7, 11) is 1.54. The third-order valence-corrected chi connectivity index (χ3v) is 1.81. The molecule has 1 aliphatic rings. The van der Waals surface area contributed by atoms with Crippen LogP contribution in [-0.4, -0.2) is 29.5 Å². The van der Waals surface area contributed by atoms with Gasteiger partial charge < -0.3 is 21.5 Å². The van der Waals surface area contributed by atoms with Crippen LogP contribution in [0.15, 0.2) is 4.99 Å². The summed E-state index contributed by atoms with van der Waals surface area (Å²) in [4.78, 5) is 11.9. The molecular formula is C7H10N6O. The predicted molar refractivity (Wildman–Crippen MR) is 53.5 cm³/mol. The lowest BCUT2D eigenvalue weighted by atomic mass is 10.3. The Morgan fingerprint density at radius 1 is 1.36 bits per heavy atom. The summed E-state index contributed by atoms with van der Waals surface area (Å²) >= 11 is 0. The fourth-order valence-electron chi connectivity index (χ4n) is 1.17. The third-order valence-electron chi connectivity index (χ3n) is 1.81. The summed E-state index contributed by atoms with van der Waals surface area (Å²) in [6.07, 6.45) is 0. The molecule has 14 heavy (non-hydrogen) atoms. The van der Waals surface area contributed by atoms with Gasteiger partial charge in [-0.3, -0.25) is 0 Å². The Kier molecular flexibility index (Phi) is 1.84.